The summed E-state index contributed by atoms with van der Waals surface area (Å²) in [6.07, 6.45) is 1.15. The molecule has 0 saturated carbocycles. The van der Waals surface area contributed by atoms with Crippen LogP contribution in [0.1, 0.15) is 17.5 Å². The largest absolute Gasteiger partial charge is 0.380 e. The Morgan fingerprint density at radius 1 is 1.44 bits per heavy atom. The van der Waals surface area contributed by atoms with Crippen LogP contribution in [0.15, 0.2) is 24.3 Å². The zero-order chi connectivity index (χ0) is 11.4. The number of hydrogen-bond donors (Lipinski definition) is 1. The van der Waals surface area contributed by atoms with E-state index in [0.29, 0.717) is 12.6 Å². The third-order valence-corrected chi connectivity index (χ3v) is 3.19. The van der Waals surface area contributed by atoms with Crippen molar-refractivity contribution in [2.75, 3.05) is 20.3 Å². The fourth-order valence-corrected chi connectivity index (χ4v) is 2.14. The molecule has 1 fully saturated rings. The van der Waals surface area contributed by atoms with E-state index >= 15 is 0 Å². The van der Waals surface area contributed by atoms with E-state index in [-0.39, 0.29) is 0 Å². The molecule has 0 aromatic heterocycles. The average molecular weight is 220 g/mol. The van der Waals surface area contributed by atoms with Crippen molar-refractivity contribution >= 4 is 0 Å². The number of hydrogen-bond acceptors (Lipinski definition) is 3. The molecule has 1 unspecified atom stereocenters. The van der Waals surface area contributed by atoms with E-state index in [1.165, 1.54) is 11.1 Å². The maximum atomic E-state index is 5.64. The predicted octanol–water partition coefficient (Wildman–Crippen LogP) is 1.37. The summed E-state index contributed by atoms with van der Waals surface area (Å²) >= 11 is 0. The number of benzene rings is 1. The summed E-state index contributed by atoms with van der Waals surface area (Å²) in [4.78, 5) is 2.36. The monoisotopic (exact) mass is 220 g/mol. The zero-order valence-corrected chi connectivity index (χ0v) is 9.86. The van der Waals surface area contributed by atoms with Gasteiger partial charge in [0.2, 0.25) is 0 Å². The summed E-state index contributed by atoms with van der Waals surface area (Å²) in [5.41, 5.74) is 8.17. The van der Waals surface area contributed by atoms with Crippen molar-refractivity contribution in [3.63, 3.8) is 0 Å². The summed E-state index contributed by atoms with van der Waals surface area (Å²) in [7, 11) is 2.16. The summed E-state index contributed by atoms with van der Waals surface area (Å²) in [5.74, 6) is 0. The van der Waals surface area contributed by atoms with Crippen LogP contribution in [-0.2, 0) is 17.8 Å². The van der Waals surface area contributed by atoms with Gasteiger partial charge in [0.05, 0.1) is 6.61 Å². The van der Waals surface area contributed by atoms with E-state index in [1.807, 2.05) is 0 Å². The number of likely N-dealkylation sites (N-methyl/N-ethyl adjacent to an activating group) is 1. The van der Waals surface area contributed by atoms with Gasteiger partial charge in [-0.1, -0.05) is 24.3 Å². The van der Waals surface area contributed by atoms with Crippen molar-refractivity contribution in [2.45, 2.75) is 25.6 Å². The van der Waals surface area contributed by atoms with Gasteiger partial charge < -0.3 is 10.5 Å². The lowest BCUT2D eigenvalue weighted by Crippen LogP contribution is -2.31. The van der Waals surface area contributed by atoms with Crippen molar-refractivity contribution in [1.29, 1.82) is 0 Å². The first kappa shape index (κ1) is 11.6. The Morgan fingerprint density at radius 3 is 2.94 bits per heavy atom. The van der Waals surface area contributed by atoms with Crippen molar-refractivity contribution in [1.82, 2.24) is 4.90 Å². The van der Waals surface area contributed by atoms with Gasteiger partial charge in [-0.05, 0) is 24.6 Å². The van der Waals surface area contributed by atoms with Crippen LogP contribution in [0.3, 0.4) is 0 Å². The molecule has 88 valence electrons. The molecule has 1 aromatic carbocycles. The van der Waals surface area contributed by atoms with Crippen LogP contribution in [0.4, 0.5) is 0 Å². The second-order valence-corrected chi connectivity index (χ2v) is 4.46. The lowest BCUT2D eigenvalue weighted by molar-refractivity contribution is 0.156. The van der Waals surface area contributed by atoms with Gasteiger partial charge in [0.25, 0.3) is 0 Å². The number of nitrogens with two attached hydrogens (primary N) is 1. The Kier molecular flexibility index (Phi) is 3.93. The molecule has 0 radical (unpaired) electrons. The SMILES string of the molecule is CN(Cc1cccc(CN)c1)C1CCOC1. The van der Waals surface area contributed by atoms with Gasteiger partial charge in [-0.25, -0.2) is 0 Å². The molecule has 1 atom stereocenters. The van der Waals surface area contributed by atoms with Gasteiger partial charge >= 0.3 is 0 Å². The Labute approximate surface area is 97.2 Å². The molecule has 1 saturated heterocycles. The molecule has 3 heteroatoms. The molecule has 2 rings (SSSR count). The molecule has 16 heavy (non-hydrogen) atoms. The van der Waals surface area contributed by atoms with E-state index in [2.05, 4.69) is 36.2 Å². The van der Waals surface area contributed by atoms with E-state index < -0.39 is 0 Å². The zero-order valence-electron chi connectivity index (χ0n) is 9.86. The average Bonchev–Trinajstić information content (AvgIpc) is 2.83. The maximum absolute atomic E-state index is 5.64. The van der Waals surface area contributed by atoms with E-state index in [0.717, 1.165) is 26.2 Å². The van der Waals surface area contributed by atoms with E-state index in [9.17, 15) is 0 Å². The van der Waals surface area contributed by atoms with Crippen molar-refractivity contribution in [3.8, 4) is 0 Å². The number of rotatable bonds is 4. The summed E-state index contributed by atoms with van der Waals surface area (Å²) in [6, 6.07) is 9.07. The van der Waals surface area contributed by atoms with Gasteiger partial charge in [-0.3, -0.25) is 4.90 Å². The van der Waals surface area contributed by atoms with Crippen LogP contribution in [0.2, 0.25) is 0 Å². The lowest BCUT2D eigenvalue weighted by atomic mass is 10.1. The van der Waals surface area contributed by atoms with Crippen LogP contribution in [0.25, 0.3) is 0 Å². The van der Waals surface area contributed by atoms with Gasteiger partial charge in [0, 0.05) is 25.7 Å². The van der Waals surface area contributed by atoms with Gasteiger partial charge in [0.1, 0.15) is 0 Å². The Bertz CT molecular complexity index is 334. The standard InChI is InChI=1S/C13H20N2O/c1-15(13-5-6-16-10-13)9-12-4-2-3-11(7-12)8-14/h2-4,7,13H,5-6,8-10,14H2,1H3. The predicted molar refractivity (Wildman–Crippen MR) is 65.0 cm³/mol. The van der Waals surface area contributed by atoms with Crippen LogP contribution in [0.5, 0.6) is 0 Å². The fraction of sp³-hybridized carbons (Fsp3) is 0.538. The van der Waals surface area contributed by atoms with Crippen LogP contribution >= 0.6 is 0 Å². The van der Waals surface area contributed by atoms with Crippen LogP contribution < -0.4 is 5.73 Å². The summed E-state index contributed by atoms with van der Waals surface area (Å²) in [5, 5.41) is 0. The first-order valence-electron chi connectivity index (χ1n) is 5.85. The van der Waals surface area contributed by atoms with Crippen molar-refractivity contribution < 1.29 is 4.74 Å². The lowest BCUT2D eigenvalue weighted by Gasteiger charge is -2.22. The normalized spacial score (nSPS) is 20.6. The third kappa shape index (κ3) is 2.82. The van der Waals surface area contributed by atoms with Crippen LogP contribution in [-0.4, -0.2) is 31.2 Å². The summed E-state index contributed by atoms with van der Waals surface area (Å²) < 4.78 is 5.40. The minimum Gasteiger partial charge on any atom is -0.380 e. The second-order valence-electron chi connectivity index (χ2n) is 4.46. The minimum absolute atomic E-state index is 0.571. The van der Waals surface area contributed by atoms with Crippen molar-refractivity contribution in [2.24, 2.45) is 5.73 Å². The first-order chi connectivity index (χ1) is 7.79. The Hall–Kier alpha value is -0.900. The molecular formula is C13H20N2O. The van der Waals surface area contributed by atoms with E-state index in [1.54, 1.807) is 0 Å². The highest BCUT2D eigenvalue weighted by Crippen LogP contribution is 2.14. The van der Waals surface area contributed by atoms with Gasteiger partial charge in [-0.15, -0.1) is 0 Å². The molecule has 2 N–H and O–H groups in total. The number of ether oxygens (including phenoxy) is 1. The number of nitrogens with zero attached hydrogens (tertiary/aromatic N) is 1. The molecule has 1 aliphatic rings. The molecule has 1 aromatic rings. The highest BCUT2D eigenvalue weighted by molar-refractivity contribution is 5.23. The Morgan fingerprint density at radius 2 is 2.25 bits per heavy atom. The van der Waals surface area contributed by atoms with Crippen LogP contribution in [0, 0.1) is 0 Å². The molecule has 1 heterocycles. The molecular weight excluding hydrogens is 200 g/mol. The third-order valence-electron chi connectivity index (χ3n) is 3.19. The molecule has 1 aliphatic heterocycles. The highest BCUT2D eigenvalue weighted by Gasteiger charge is 2.19. The van der Waals surface area contributed by atoms with Gasteiger partial charge in [-0.2, -0.15) is 0 Å². The minimum atomic E-state index is 0.571. The smallest absolute Gasteiger partial charge is 0.0622 e. The quantitative estimate of drug-likeness (QED) is 0.833. The fourth-order valence-electron chi connectivity index (χ4n) is 2.14. The topological polar surface area (TPSA) is 38.5 Å². The highest BCUT2D eigenvalue weighted by atomic mass is 16.5. The van der Waals surface area contributed by atoms with Gasteiger partial charge in [0.15, 0.2) is 0 Å². The first-order valence-corrected chi connectivity index (χ1v) is 5.85. The molecule has 0 bridgehead atoms. The molecule has 3 nitrogen and oxygen atoms in total. The van der Waals surface area contributed by atoms with Crippen molar-refractivity contribution in [3.05, 3.63) is 35.4 Å². The summed E-state index contributed by atoms with van der Waals surface area (Å²) in [6.45, 7) is 3.36. The Balaban J connectivity index is 1.96. The van der Waals surface area contributed by atoms with E-state index in [4.69, 9.17) is 10.5 Å². The maximum Gasteiger partial charge on any atom is 0.0622 e. The molecule has 0 aliphatic carbocycles. The molecule has 0 amide bonds. The second kappa shape index (κ2) is 5.43. The molecule has 0 spiro atoms.